The van der Waals surface area contributed by atoms with E-state index in [0.29, 0.717) is 18.1 Å². The van der Waals surface area contributed by atoms with Crippen LogP contribution in [0.5, 0.6) is 5.88 Å². The lowest BCUT2D eigenvalue weighted by Crippen LogP contribution is -2.50. The second-order valence-corrected chi connectivity index (χ2v) is 8.12. The van der Waals surface area contributed by atoms with Gasteiger partial charge in [-0.25, -0.2) is 14.8 Å². The molecule has 2 aromatic rings. The van der Waals surface area contributed by atoms with Gasteiger partial charge in [0.25, 0.3) is 5.88 Å². The molecule has 0 saturated carbocycles. The SMILES string of the molecule is C[C@@H]1CC[C@@H](Oc2nccn3c(Br)cnc23)CN1C(=O)OC(C)(C)C. The van der Waals surface area contributed by atoms with E-state index in [1.807, 2.05) is 38.3 Å². The summed E-state index contributed by atoms with van der Waals surface area (Å²) in [6.45, 7) is 8.11. The van der Waals surface area contributed by atoms with Gasteiger partial charge in [0.15, 0.2) is 0 Å². The van der Waals surface area contributed by atoms with Crippen molar-refractivity contribution in [2.45, 2.75) is 58.3 Å². The van der Waals surface area contributed by atoms with Gasteiger partial charge in [0.05, 0.1) is 12.7 Å². The molecule has 3 heterocycles. The Hall–Kier alpha value is -1.83. The van der Waals surface area contributed by atoms with E-state index in [1.165, 1.54) is 0 Å². The van der Waals surface area contributed by atoms with E-state index >= 15 is 0 Å². The molecule has 0 bridgehead atoms. The van der Waals surface area contributed by atoms with Crippen LogP contribution in [0.15, 0.2) is 23.2 Å². The van der Waals surface area contributed by atoms with Crippen molar-refractivity contribution < 1.29 is 14.3 Å². The Kier molecular flexibility index (Phi) is 4.90. The van der Waals surface area contributed by atoms with Crippen LogP contribution in [0.1, 0.15) is 40.5 Å². The molecular weight excluding hydrogens is 388 g/mol. The minimum absolute atomic E-state index is 0.124. The molecule has 1 amide bonds. The number of carbonyl (C=O) groups is 1. The van der Waals surface area contributed by atoms with Gasteiger partial charge in [-0.1, -0.05) is 0 Å². The molecule has 0 spiro atoms. The van der Waals surface area contributed by atoms with Crippen LogP contribution >= 0.6 is 15.9 Å². The average molecular weight is 411 g/mol. The quantitative estimate of drug-likeness (QED) is 0.755. The van der Waals surface area contributed by atoms with Crippen LogP contribution in [0.25, 0.3) is 5.65 Å². The Bertz CT molecular complexity index is 771. The van der Waals surface area contributed by atoms with Crippen molar-refractivity contribution in [1.29, 1.82) is 0 Å². The summed E-state index contributed by atoms with van der Waals surface area (Å²) in [6, 6.07) is 0.124. The third-order valence-corrected chi connectivity index (χ3v) is 4.68. The Labute approximate surface area is 155 Å². The number of piperidine rings is 1. The normalized spacial score (nSPS) is 21.4. The number of carbonyl (C=O) groups excluding carboxylic acids is 1. The number of nitrogens with zero attached hydrogens (tertiary/aromatic N) is 4. The maximum atomic E-state index is 12.4. The third kappa shape index (κ3) is 4.05. The predicted molar refractivity (Wildman–Crippen MR) is 96.7 cm³/mol. The summed E-state index contributed by atoms with van der Waals surface area (Å²) in [6.07, 6.45) is 6.46. The number of hydrogen-bond donors (Lipinski definition) is 0. The highest BCUT2D eigenvalue weighted by Crippen LogP contribution is 2.26. The fourth-order valence-corrected chi connectivity index (χ4v) is 3.24. The van der Waals surface area contributed by atoms with Gasteiger partial charge < -0.3 is 14.4 Å². The van der Waals surface area contributed by atoms with E-state index in [4.69, 9.17) is 9.47 Å². The molecule has 3 rings (SSSR count). The van der Waals surface area contributed by atoms with Gasteiger partial charge >= 0.3 is 6.09 Å². The molecule has 25 heavy (non-hydrogen) atoms. The lowest BCUT2D eigenvalue weighted by molar-refractivity contribution is -0.00581. The number of aromatic nitrogens is 3. The topological polar surface area (TPSA) is 69.0 Å². The van der Waals surface area contributed by atoms with E-state index in [1.54, 1.807) is 17.3 Å². The number of amides is 1. The zero-order valence-corrected chi connectivity index (χ0v) is 16.5. The van der Waals surface area contributed by atoms with Gasteiger partial charge in [-0.2, -0.15) is 0 Å². The number of imidazole rings is 1. The molecule has 2 aromatic heterocycles. The second kappa shape index (κ2) is 6.82. The summed E-state index contributed by atoms with van der Waals surface area (Å²) in [7, 11) is 0. The minimum atomic E-state index is -0.514. The summed E-state index contributed by atoms with van der Waals surface area (Å²) in [5.74, 6) is 0.469. The number of likely N-dealkylation sites (tertiary alicyclic amines) is 1. The molecule has 136 valence electrons. The number of rotatable bonds is 2. The monoisotopic (exact) mass is 410 g/mol. The van der Waals surface area contributed by atoms with E-state index in [2.05, 4.69) is 25.9 Å². The van der Waals surface area contributed by atoms with Gasteiger partial charge in [0, 0.05) is 18.4 Å². The Balaban J connectivity index is 1.74. The van der Waals surface area contributed by atoms with Gasteiger partial charge in [0.1, 0.15) is 16.3 Å². The predicted octanol–water partition coefficient (Wildman–Crippen LogP) is 3.66. The first-order valence-corrected chi connectivity index (χ1v) is 9.18. The fraction of sp³-hybridized carbons (Fsp3) is 0.588. The van der Waals surface area contributed by atoms with Gasteiger partial charge in [-0.05, 0) is 56.5 Å². The van der Waals surface area contributed by atoms with Crippen LogP contribution in [-0.4, -0.2) is 49.7 Å². The molecule has 0 aromatic carbocycles. The van der Waals surface area contributed by atoms with E-state index in [9.17, 15) is 4.79 Å². The van der Waals surface area contributed by atoms with Gasteiger partial charge in [-0.3, -0.25) is 4.40 Å². The van der Waals surface area contributed by atoms with Crippen LogP contribution in [0.4, 0.5) is 4.79 Å². The van der Waals surface area contributed by atoms with E-state index in [-0.39, 0.29) is 18.2 Å². The summed E-state index contributed by atoms with van der Waals surface area (Å²) < 4.78 is 14.3. The first kappa shape index (κ1) is 18.0. The Morgan fingerprint density at radius 1 is 1.32 bits per heavy atom. The molecule has 0 N–H and O–H groups in total. The van der Waals surface area contributed by atoms with E-state index < -0.39 is 5.60 Å². The lowest BCUT2D eigenvalue weighted by Gasteiger charge is -2.38. The molecule has 1 aliphatic heterocycles. The molecule has 7 nitrogen and oxygen atoms in total. The van der Waals surface area contributed by atoms with E-state index in [0.717, 1.165) is 17.4 Å². The standard InChI is InChI=1S/C17H23BrN4O3/c1-11-5-6-12(10-22(11)16(23)25-17(2,3)4)24-15-14-20-9-13(18)21(14)8-7-19-15/h7-9,11-12H,5-6,10H2,1-4H3/t11-,12-/m1/s1. The zero-order valence-electron chi connectivity index (χ0n) is 14.9. The van der Waals surface area contributed by atoms with Crippen LogP contribution < -0.4 is 4.74 Å². The minimum Gasteiger partial charge on any atom is -0.470 e. The van der Waals surface area contributed by atoms with Crippen LogP contribution in [0.2, 0.25) is 0 Å². The molecule has 0 radical (unpaired) electrons. The number of hydrogen-bond acceptors (Lipinski definition) is 5. The number of halogens is 1. The first-order chi connectivity index (χ1) is 11.7. The molecule has 1 aliphatic rings. The second-order valence-electron chi connectivity index (χ2n) is 7.31. The molecule has 1 saturated heterocycles. The van der Waals surface area contributed by atoms with Gasteiger partial charge in [0.2, 0.25) is 5.65 Å². The highest BCUT2D eigenvalue weighted by Gasteiger charge is 2.33. The van der Waals surface area contributed by atoms with Crippen molar-refractivity contribution in [1.82, 2.24) is 19.3 Å². The largest absolute Gasteiger partial charge is 0.470 e. The molecule has 1 fully saturated rings. The highest BCUT2D eigenvalue weighted by atomic mass is 79.9. The van der Waals surface area contributed by atoms with Crippen molar-refractivity contribution in [3.05, 3.63) is 23.2 Å². The van der Waals surface area contributed by atoms with Crippen LogP contribution in [0, 0.1) is 0 Å². The molecular formula is C17H23BrN4O3. The highest BCUT2D eigenvalue weighted by molar-refractivity contribution is 9.10. The summed E-state index contributed by atoms with van der Waals surface area (Å²) in [4.78, 5) is 22.8. The van der Waals surface area contributed by atoms with Crippen molar-refractivity contribution in [2.75, 3.05) is 6.54 Å². The van der Waals surface area contributed by atoms with Crippen molar-refractivity contribution in [3.63, 3.8) is 0 Å². The van der Waals surface area contributed by atoms with Crippen molar-refractivity contribution in [2.24, 2.45) is 0 Å². The molecule has 2 atom stereocenters. The first-order valence-electron chi connectivity index (χ1n) is 8.38. The maximum absolute atomic E-state index is 12.4. The zero-order chi connectivity index (χ0) is 18.2. The number of ether oxygens (including phenoxy) is 2. The summed E-state index contributed by atoms with van der Waals surface area (Å²) in [5.41, 5.74) is 0.136. The summed E-state index contributed by atoms with van der Waals surface area (Å²) in [5, 5.41) is 0. The summed E-state index contributed by atoms with van der Waals surface area (Å²) >= 11 is 3.44. The Morgan fingerprint density at radius 2 is 2.08 bits per heavy atom. The molecule has 0 unspecified atom stereocenters. The smallest absolute Gasteiger partial charge is 0.410 e. The fourth-order valence-electron chi connectivity index (χ4n) is 2.85. The average Bonchev–Trinajstić information content (AvgIpc) is 2.90. The van der Waals surface area contributed by atoms with Crippen molar-refractivity contribution in [3.8, 4) is 5.88 Å². The Morgan fingerprint density at radius 3 is 2.80 bits per heavy atom. The van der Waals surface area contributed by atoms with Crippen molar-refractivity contribution >= 4 is 27.7 Å². The van der Waals surface area contributed by atoms with Crippen LogP contribution in [-0.2, 0) is 4.74 Å². The molecule has 8 heteroatoms. The number of fused-ring (bicyclic) bond motifs is 1. The van der Waals surface area contributed by atoms with Gasteiger partial charge in [-0.15, -0.1) is 0 Å². The third-order valence-electron chi connectivity index (χ3n) is 4.10. The maximum Gasteiger partial charge on any atom is 0.410 e. The lowest BCUT2D eigenvalue weighted by atomic mass is 10.0. The van der Waals surface area contributed by atoms with Crippen LogP contribution in [0.3, 0.4) is 0 Å². The molecule has 0 aliphatic carbocycles.